The predicted molar refractivity (Wildman–Crippen MR) is 72.2 cm³/mol. The molecule has 0 aromatic heterocycles. The Bertz CT molecular complexity index is 364. The average molecular weight is 274 g/mol. The van der Waals surface area contributed by atoms with Crippen molar-refractivity contribution in [2.24, 2.45) is 5.92 Å². The summed E-state index contributed by atoms with van der Waals surface area (Å²) < 4.78 is 5.68. The fourth-order valence-electron chi connectivity index (χ4n) is 2.10. The Kier molecular flexibility index (Phi) is 4.96. The van der Waals surface area contributed by atoms with Crippen LogP contribution in [0.3, 0.4) is 0 Å². The first-order chi connectivity index (χ1) is 8.27. The number of hydrogen-bond donors (Lipinski definition) is 1. The van der Waals surface area contributed by atoms with Crippen molar-refractivity contribution < 1.29 is 4.74 Å². The molecule has 17 heavy (non-hydrogen) atoms. The van der Waals surface area contributed by atoms with Crippen molar-refractivity contribution in [1.82, 2.24) is 5.32 Å². The third-order valence-corrected chi connectivity index (χ3v) is 3.96. The molecule has 0 bridgehead atoms. The number of rotatable bonds is 4. The largest absolute Gasteiger partial charge is 0.492 e. The maximum Gasteiger partial charge on any atom is 0.139 e. The number of hydrogen-bond acceptors (Lipinski definition) is 2. The first kappa shape index (κ1) is 13.0. The third-order valence-electron chi connectivity index (χ3n) is 3.16. The maximum absolute atomic E-state index is 6.05. The van der Waals surface area contributed by atoms with Crippen molar-refractivity contribution in [3.05, 3.63) is 28.2 Å². The van der Waals surface area contributed by atoms with Crippen LogP contribution in [0, 0.1) is 5.92 Å². The molecule has 1 N–H and O–H groups in total. The summed E-state index contributed by atoms with van der Waals surface area (Å²) in [7, 11) is 0. The van der Waals surface area contributed by atoms with Crippen molar-refractivity contribution in [2.75, 3.05) is 19.7 Å². The number of piperidine rings is 1. The highest BCUT2D eigenvalue weighted by molar-refractivity contribution is 6.42. The Hall–Kier alpha value is -0.440. The minimum Gasteiger partial charge on any atom is -0.492 e. The third kappa shape index (κ3) is 3.77. The van der Waals surface area contributed by atoms with Crippen molar-refractivity contribution in [2.45, 2.75) is 19.3 Å². The van der Waals surface area contributed by atoms with E-state index in [9.17, 15) is 0 Å². The Balaban J connectivity index is 1.79. The summed E-state index contributed by atoms with van der Waals surface area (Å²) in [5.41, 5.74) is 0. The molecular formula is C13H17Cl2NO. The summed E-state index contributed by atoms with van der Waals surface area (Å²) in [4.78, 5) is 0. The number of ether oxygens (including phenoxy) is 1. The lowest BCUT2D eigenvalue weighted by molar-refractivity contribution is 0.252. The van der Waals surface area contributed by atoms with E-state index < -0.39 is 0 Å². The lowest BCUT2D eigenvalue weighted by Gasteiger charge is -2.22. The zero-order valence-corrected chi connectivity index (χ0v) is 11.2. The first-order valence-corrected chi connectivity index (χ1v) is 6.80. The second kappa shape index (κ2) is 6.48. The molecule has 0 saturated carbocycles. The fourth-order valence-corrected chi connectivity index (χ4v) is 2.45. The van der Waals surface area contributed by atoms with Crippen LogP contribution in [0.4, 0.5) is 0 Å². The van der Waals surface area contributed by atoms with Gasteiger partial charge in [-0.25, -0.2) is 0 Å². The molecule has 1 aromatic carbocycles. The van der Waals surface area contributed by atoms with E-state index in [0.717, 1.165) is 25.4 Å². The number of halogens is 2. The van der Waals surface area contributed by atoms with Crippen LogP contribution in [0.25, 0.3) is 0 Å². The monoisotopic (exact) mass is 273 g/mol. The minimum atomic E-state index is 0.513. The number of benzene rings is 1. The predicted octanol–water partition coefficient (Wildman–Crippen LogP) is 3.76. The molecule has 1 fully saturated rings. The smallest absolute Gasteiger partial charge is 0.139 e. The molecule has 0 atom stereocenters. The molecule has 0 unspecified atom stereocenters. The molecular weight excluding hydrogens is 257 g/mol. The molecule has 0 radical (unpaired) electrons. The van der Waals surface area contributed by atoms with Crippen LogP contribution in [0.15, 0.2) is 18.2 Å². The SMILES string of the molecule is Clc1cccc(OCCC2CCNCC2)c1Cl. The van der Waals surface area contributed by atoms with Gasteiger partial charge in [-0.1, -0.05) is 29.3 Å². The molecule has 4 heteroatoms. The summed E-state index contributed by atoms with van der Waals surface area (Å²) in [6.07, 6.45) is 3.57. The van der Waals surface area contributed by atoms with Gasteiger partial charge in [-0.3, -0.25) is 0 Å². The fraction of sp³-hybridized carbons (Fsp3) is 0.538. The molecule has 1 saturated heterocycles. The molecule has 1 heterocycles. The van der Waals surface area contributed by atoms with E-state index in [4.69, 9.17) is 27.9 Å². The minimum absolute atomic E-state index is 0.513. The van der Waals surface area contributed by atoms with Crippen LogP contribution in [-0.2, 0) is 0 Å². The maximum atomic E-state index is 6.05. The van der Waals surface area contributed by atoms with Gasteiger partial charge in [0.25, 0.3) is 0 Å². The zero-order valence-electron chi connectivity index (χ0n) is 9.72. The van der Waals surface area contributed by atoms with Gasteiger partial charge in [0.05, 0.1) is 11.6 Å². The molecule has 2 rings (SSSR count). The van der Waals surface area contributed by atoms with Crippen LogP contribution < -0.4 is 10.1 Å². The van der Waals surface area contributed by atoms with E-state index in [1.54, 1.807) is 6.07 Å². The average Bonchev–Trinajstić information content (AvgIpc) is 2.36. The van der Waals surface area contributed by atoms with Gasteiger partial charge >= 0.3 is 0 Å². The second-order valence-corrected chi connectivity index (χ2v) is 5.17. The van der Waals surface area contributed by atoms with Gasteiger partial charge in [0.1, 0.15) is 10.8 Å². The molecule has 94 valence electrons. The Morgan fingerprint density at radius 1 is 1.24 bits per heavy atom. The highest BCUT2D eigenvalue weighted by Crippen LogP contribution is 2.31. The Morgan fingerprint density at radius 2 is 2.00 bits per heavy atom. The van der Waals surface area contributed by atoms with E-state index in [0.29, 0.717) is 22.4 Å². The van der Waals surface area contributed by atoms with Crippen molar-refractivity contribution >= 4 is 23.2 Å². The summed E-state index contributed by atoms with van der Waals surface area (Å²) in [6, 6.07) is 5.48. The molecule has 2 nitrogen and oxygen atoms in total. The van der Waals surface area contributed by atoms with Crippen LogP contribution >= 0.6 is 23.2 Å². The highest BCUT2D eigenvalue weighted by Gasteiger charge is 2.13. The summed E-state index contributed by atoms with van der Waals surface area (Å²) in [5.74, 6) is 1.46. The topological polar surface area (TPSA) is 21.3 Å². The van der Waals surface area contributed by atoms with Crippen LogP contribution in [0.5, 0.6) is 5.75 Å². The van der Waals surface area contributed by atoms with E-state index in [1.165, 1.54) is 12.8 Å². The van der Waals surface area contributed by atoms with Gasteiger partial charge < -0.3 is 10.1 Å². The van der Waals surface area contributed by atoms with Crippen molar-refractivity contribution in [3.8, 4) is 5.75 Å². The molecule has 0 spiro atoms. The van der Waals surface area contributed by atoms with Gasteiger partial charge in [0.2, 0.25) is 0 Å². The van der Waals surface area contributed by atoms with Crippen LogP contribution in [-0.4, -0.2) is 19.7 Å². The Morgan fingerprint density at radius 3 is 2.76 bits per heavy atom. The summed E-state index contributed by atoms with van der Waals surface area (Å²) >= 11 is 12.0. The van der Waals surface area contributed by atoms with Gasteiger partial charge in [-0.05, 0) is 50.4 Å². The standard InChI is InChI=1S/C13H17Cl2NO/c14-11-2-1-3-12(13(11)15)17-9-6-10-4-7-16-8-5-10/h1-3,10,16H,4-9H2. The van der Waals surface area contributed by atoms with Gasteiger partial charge in [0.15, 0.2) is 0 Å². The van der Waals surface area contributed by atoms with E-state index in [2.05, 4.69) is 5.32 Å². The van der Waals surface area contributed by atoms with Crippen molar-refractivity contribution in [3.63, 3.8) is 0 Å². The highest BCUT2D eigenvalue weighted by atomic mass is 35.5. The summed E-state index contributed by atoms with van der Waals surface area (Å²) in [6.45, 7) is 2.97. The molecule has 1 aromatic rings. The normalized spacial score (nSPS) is 17.1. The van der Waals surface area contributed by atoms with E-state index in [1.807, 2.05) is 12.1 Å². The first-order valence-electron chi connectivity index (χ1n) is 6.05. The number of nitrogens with one attached hydrogen (secondary N) is 1. The molecule has 1 aliphatic rings. The lowest BCUT2D eigenvalue weighted by Crippen LogP contribution is -2.28. The molecule has 0 aliphatic carbocycles. The summed E-state index contributed by atoms with van der Waals surface area (Å²) in [5, 5.41) is 4.42. The Labute approximate surface area is 112 Å². The second-order valence-electron chi connectivity index (χ2n) is 4.38. The van der Waals surface area contributed by atoms with Crippen molar-refractivity contribution in [1.29, 1.82) is 0 Å². The van der Waals surface area contributed by atoms with E-state index >= 15 is 0 Å². The lowest BCUT2D eigenvalue weighted by atomic mass is 9.95. The molecule has 0 amide bonds. The van der Waals surface area contributed by atoms with Gasteiger partial charge in [0, 0.05) is 0 Å². The van der Waals surface area contributed by atoms with Crippen LogP contribution in [0.1, 0.15) is 19.3 Å². The quantitative estimate of drug-likeness (QED) is 0.902. The zero-order chi connectivity index (χ0) is 12.1. The van der Waals surface area contributed by atoms with E-state index in [-0.39, 0.29) is 0 Å². The van der Waals surface area contributed by atoms with Gasteiger partial charge in [-0.2, -0.15) is 0 Å². The van der Waals surface area contributed by atoms with Crippen LogP contribution in [0.2, 0.25) is 10.0 Å². The molecule has 1 aliphatic heterocycles. The van der Waals surface area contributed by atoms with Gasteiger partial charge in [-0.15, -0.1) is 0 Å².